The third-order valence-corrected chi connectivity index (χ3v) is 9.76. The summed E-state index contributed by atoms with van der Waals surface area (Å²) in [7, 11) is 5.25. The third kappa shape index (κ3) is 5.27. The van der Waals surface area contributed by atoms with Crippen LogP contribution in [0, 0.1) is 11.8 Å². The van der Waals surface area contributed by atoms with E-state index in [4.69, 9.17) is 25.2 Å². The van der Waals surface area contributed by atoms with Crippen LogP contribution in [0.2, 0.25) is 0 Å². The molecule has 45 heavy (non-hydrogen) atoms. The minimum absolute atomic E-state index is 0.0541. The molecule has 3 aliphatic rings. The molecule has 1 saturated carbocycles. The summed E-state index contributed by atoms with van der Waals surface area (Å²) >= 11 is 0. The number of ether oxygens (including phenoxy) is 2. The topological polar surface area (TPSA) is 130 Å². The second-order valence-corrected chi connectivity index (χ2v) is 12.7. The van der Waals surface area contributed by atoms with E-state index in [1.807, 2.05) is 30.7 Å². The van der Waals surface area contributed by atoms with Gasteiger partial charge in [0.2, 0.25) is 5.91 Å². The fourth-order valence-corrected chi connectivity index (χ4v) is 7.05. The molecular weight excluding hydrogens is 570 g/mol. The van der Waals surface area contributed by atoms with Gasteiger partial charge >= 0.3 is 0 Å². The number of hydrogen-bond acceptors (Lipinski definition) is 7. The van der Waals surface area contributed by atoms with Crippen molar-refractivity contribution >= 4 is 33.9 Å². The molecule has 3 N–H and O–H groups in total. The number of allylic oxidation sites excluding steroid dienone is 2. The van der Waals surface area contributed by atoms with E-state index in [0.717, 1.165) is 59.6 Å². The van der Waals surface area contributed by atoms with Crippen LogP contribution in [-0.4, -0.2) is 75.3 Å². The number of pyridine rings is 1. The number of nitrogens with zero attached hydrogens (tertiary/aromatic N) is 5. The van der Waals surface area contributed by atoms with Crippen LogP contribution >= 0.6 is 0 Å². The Balaban J connectivity index is 1.29. The van der Waals surface area contributed by atoms with Gasteiger partial charge in [-0.3, -0.25) is 9.59 Å². The first-order valence-corrected chi connectivity index (χ1v) is 15.9. The number of nitrogens with two attached hydrogens (primary N) is 1. The molecule has 2 aliphatic heterocycles. The van der Waals surface area contributed by atoms with Gasteiger partial charge in [0.15, 0.2) is 5.82 Å². The van der Waals surface area contributed by atoms with Crippen LogP contribution in [0.1, 0.15) is 54.7 Å². The highest BCUT2D eigenvalue weighted by molar-refractivity contribution is 6.00. The Kier molecular flexibility index (Phi) is 7.61. The average Bonchev–Trinajstić information content (AvgIpc) is 3.63. The van der Waals surface area contributed by atoms with Gasteiger partial charge in [0, 0.05) is 56.7 Å². The number of carbonyl (C=O) groups is 2. The summed E-state index contributed by atoms with van der Waals surface area (Å²) in [4.78, 5) is 38.4. The third-order valence-electron chi connectivity index (χ3n) is 9.76. The van der Waals surface area contributed by atoms with Crippen LogP contribution in [0.4, 0.5) is 0 Å². The minimum Gasteiger partial charge on any atom is -0.494 e. The van der Waals surface area contributed by atoms with Crippen molar-refractivity contribution in [3.63, 3.8) is 0 Å². The van der Waals surface area contributed by atoms with E-state index in [2.05, 4.69) is 34.2 Å². The highest BCUT2D eigenvalue weighted by Gasteiger charge is 2.42. The van der Waals surface area contributed by atoms with Gasteiger partial charge in [0.05, 0.1) is 36.2 Å². The van der Waals surface area contributed by atoms with E-state index < -0.39 is 0 Å². The van der Waals surface area contributed by atoms with Crippen LogP contribution < -0.4 is 15.8 Å². The highest BCUT2D eigenvalue weighted by atomic mass is 16.5. The lowest BCUT2D eigenvalue weighted by molar-refractivity contribution is -0.123. The van der Waals surface area contributed by atoms with Crippen LogP contribution in [-0.2, 0) is 23.1 Å². The van der Waals surface area contributed by atoms with Crippen molar-refractivity contribution in [2.24, 2.45) is 24.6 Å². The molecule has 236 valence electrons. The van der Waals surface area contributed by atoms with Crippen molar-refractivity contribution in [2.75, 3.05) is 27.3 Å². The number of benzene rings is 1. The lowest BCUT2D eigenvalue weighted by Gasteiger charge is -2.36. The number of likely N-dealkylation sites (tertiary alicyclic amines) is 1. The summed E-state index contributed by atoms with van der Waals surface area (Å²) in [5.74, 6) is 1.87. The zero-order valence-corrected chi connectivity index (χ0v) is 26.3. The molecular formula is C34H41N7O4. The van der Waals surface area contributed by atoms with Crippen molar-refractivity contribution in [1.29, 1.82) is 0 Å². The highest BCUT2D eigenvalue weighted by Crippen LogP contribution is 2.42. The number of piperidine rings is 1. The van der Waals surface area contributed by atoms with Crippen molar-refractivity contribution in [3.05, 3.63) is 53.7 Å². The predicted octanol–water partition coefficient (Wildman–Crippen LogP) is 3.95. The molecule has 0 spiro atoms. The van der Waals surface area contributed by atoms with Gasteiger partial charge in [-0.05, 0) is 68.9 Å². The number of imidazole rings is 1. The van der Waals surface area contributed by atoms with Crippen molar-refractivity contribution in [2.45, 2.75) is 57.3 Å². The first-order chi connectivity index (χ1) is 21.8. The molecule has 7 rings (SSSR count). The van der Waals surface area contributed by atoms with Gasteiger partial charge < -0.3 is 34.6 Å². The monoisotopic (exact) mass is 611 g/mol. The summed E-state index contributed by atoms with van der Waals surface area (Å²) in [5, 5.41) is 4.18. The Hall–Kier alpha value is -4.22. The van der Waals surface area contributed by atoms with Crippen LogP contribution in [0.15, 0.2) is 42.5 Å². The van der Waals surface area contributed by atoms with E-state index in [1.165, 1.54) is 0 Å². The lowest BCUT2D eigenvalue weighted by Crippen LogP contribution is -2.53. The van der Waals surface area contributed by atoms with E-state index >= 15 is 0 Å². The largest absolute Gasteiger partial charge is 0.494 e. The standard InChI is InChI=1S/C34H41N7O4/c1-19-25-10-9-21-16-27(41(31(21)37-25)12-7-5-6-8-20-14-23(20)33(42)36-19)32-38-26-15-22(17-29(45-4)30(26)39(32)2)34(43)40-13-11-28(44-3)24(35)18-40/h5-6,9-10,15-17,19-20,23-24,28H,7-8,11-14,18,35H2,1-4H3,(H,36,42)/b6-5-/t19-,20+,23-,24+,28-/m1/s1. The van der Waals surface area contributed by atoms with Crippen LogP contribution in [0.25, 0.3) is 33.6 Å². The van der Waals surface area contributed by atoms with Gasteiger partial charge in [0.25, 0.3) is 5.91 Å². The Morgan fingerprint density at radius 3 is 2.73 bits per heavy atom. The number of aryl methyl sites for hydroxylation is 2. The smallest absolute Gasteiger partial charge is 0.254 e. The summed E-state index contributed by atoms with van der Waals surface area (Å²) < 4.78 is 15.5. The Labute approximate surface area is 262 Å². The second-order valence-electron chi connectivity index (χ2n) is 12.7. The molecule has 2 amide bonds. The van der Waals surface area contributed by atoms with Crippen LogP contribution in [0.5, 0.6) is 5.75 Å². The number of aromatic nitrogens is 4. The zero-order chi connectivity index (χ0) is 31.4. The fraction of sp³-hybridized carbons (Fsp3) is 0.471. The van der Waals surface area contributed by atoms with E-state index in [1.54, 1.807) is 25.2 Å². The first-order valence-electron chi connectivity index (χ1n) is 15.9. The summed E-state index contributed by atoms with van der Waals surface area (Å²) in [6.07, 6.45) is 7.75. The molecule has 5 heterocycles. The number of methoxy groups -OCH3 is 2. The molecule has 3 aromatic heterocycles. The summed E-state index contributed by atoms with van der Waals surface area (Å²) in [5.41, 5.74) is 10.9. The summed E-state index contributed by atoms with van der Waals surface area (Å²) in [6.45, 7) is 3.72. The van der Waals surface area contributed by atoms with Gasteiger partial charge in [0.1, 0.15) is 16.9 Å². The number of amides is 2. The van der Waals surface area contributed by atoms with E-state index in [-0.39, 0.29) is 35.9 Å². The van der Waals surface area contributed by atoms with E-state index in [9.17, 15) is 9.59 Å². The maximum Gasteiger partial charge on any atom is 0.254 e. The molecule has 0 unspecified atom stereocenters. The van der Waals surface area contributed by atoms with Gasteiger partial charge in [-0.15, -0.1) is 0 Å². The normalized spacial score (nSPS) is 26.0. The molecule has 11 heteroatoms. The van der Waals surface area contributed by atoms with Gasteiger partial charge in [-0.2, -0.15) is 0 Å². The van der Waals surface area contributed by atoms with Crippen molar-refractivity contribution < 1.29 is 19.1 Å². The number of nitrogens with one attached hydrogen (secondary N) is 1. The maximum absolute atomic E-state index is 13.6. The first kappa shape index (κ1) is 29.5. The zero-order valence-electron chi connectivity index (χ0n) is 26.3. The molecule has 5 atom stereocenters. The number of fused-ring (bicyclic) bond motifs is 3. The minimum atomic E-state index is -0.238. The predicted molar refractivity (Wildman–Crippen MR) is 172 cm³/mol. The maximum atomic E-state index is 13.6. The molecule has 1 saturated heterocycles. The molecule has 4 aromatic rings. The Morgan fingerprint density at radius 2 is 1.96 bits per heavy atom. The van der Waals surface area contributed by atoms with Gasteiger partial charge in [-0.25, -0.2) is 9.97 Å². The van der Waals surface area contributed by atoms with Crippen molar-refractivity contribution in [3.8, 4) is 17.3 Å². The molecule has 11 nitrogen and oxygen atoms in total. The second kappa shape index (κ2) is 11.6. The average molecular weight is 612 g/mol. The number of rotatable bonds is 4. The Morgan fingerprint density at radius 1 is 1.11 bits per heavy atom. The summed E-state index contributed by atoms with van der Waals surface area (Å²) in [6, 6.07) is 9.39. The Bertz CT molecular complexity index is 1820. The fourth-order valence-electron chi connectivity index (χ4n) is 7.05. The molecule has 2 bridgehead atoms. The molecule has 1 aliphatic carbocycles. The number of carbonyl (C=O) groups excluding carboxylic acids is 2. The lowest BCUT2D eigenvalue weighted by atomic mass is 10.0. The van der Waals surface area contributed by atoms with Crippen LogP contribution in [0.3, 0.4) is 0 Å². The van der Waals surface area contributed by atoms with Crippen molar-refractivity contribution in [1.82, 2.24) is 29.3 Å². The van der Waals surface area contributed by atoms with E-state index in [0.29, 0.717) is 42.3 Å². The van der Waals surface area contributed by atoms with Gasteiger partial charge in [-0.1, -0.05) is 12.2 Å². The molecule has 2 fully saturated rings. The molecule has 0 radical (unpaired) electrons. The number of hydrogen-bond donors (Lipinski definition) is 2. The molecule has 1 aromatic carbocycles. The SMILES string of the molecule is COc1cc(C(=O)N2CC[C@@H](OC)[C@@H](N)C2)cc2nc(-c3cc4ccc5nc4n3CC/C=C\C[C@H]3C[C@H]3C(=O)N[C@@H]5C)n(C)c12. The quantitative estimate of drug-likeness (QED) is 0.334.